The second-order valence-electron chi connectivity index (χ2n) is 7.23. The molecule has 5 nitrogen and oxygen atoms in total. The highest BCUT2D eigenvalue weighted by Crippen LogP contribution is 2.32. The van der Waals surface area contributed by atoms with Crippen molar-refractivity contribution in [3.63, 3.8) is 0 Å². The van der Waals surface area contributed by atoms with Crippen LogP contribution in [0.25, 0.3) is 6.08 Å². The number of hydrogen-bond donors (Lipinski definition) is 0. The number of ether oxygens (including phenoxy) is 2. The van der Waals surface area contributed by atoms with Crippen LogP contribution in [0.15, 0.2) is 71.6 Å². The summed E-state index contributed by atoms with van der Waals surface area (Å²) in [5, 5.41) is 1.35. The number of rotatable bonds is 8. The summed E-state index contributed by atoms with van der Waals surface area (Å²) in [5.41, 5.74) is 1.54. The summed E-state index contributed by atoms with van der Waals surface area (Å²) >= 11 is 18.9. The normalized spacial score (nSPS) is 14.7. The molecule has 1 aliphatic rings. The second kappa shape index (κ2) is 11.2. The van der Waals surface area contributed by atoms with Gasteiger partial charge in [-0.2, -0.15) is 0 Å². The number of imide groups is 1. The Morgan fingerprint density at radius 3 is 2.38 bits per heavy atom. The molecular formula is C25H18Cl3NO4S. The fourth-order valence-corrected chi connectivity index (χ4v) is 4.58. The second-order valence-corrected chi connectivity index (χ2v) is 9.51. The van der Waals surface area contributed by atoms with E-state index in [9.17, 15) is 9.59 Å². The summed E-state index contributed by atoms with van der Waals surface area (Å²) in [4.78, 5) is 26.6. The zero-order chi connectivity index (χ0) is 24.1. The Balaban J connectivity index is 1.37. The molecule has 1 heterocycles. The highest BCUT2D eigenvalue weighted by molar-refractivity contribution is 8.18. The van der Waals surface area contributed by atoms with Crippen molar-refractivity contribution in [3.8, 4) is 11.5 Å². The Morgan fingerprint density at radius 2 is 1.62 bits per heavy atom. The van der Waals surface area contributed by atoms with E-state index in [0.29, 0.717) is 31.5 Å². The molecule has 0 aliphatic carbocycles. The van der Waals surface area contributed by atoms with Gasteiger partial charge < -0.3 is 9.47 Å². The lowest BCUT2D eigenvalue weighted by Crippen LogP contribution is -2.32. The number of benzene rings is 3. The molecule has 0 bridgehead atoms. The summed E-state index contributed by atoms with van der Waals surface area (Å²) < 4.78 is 11.4. The van der Waals surface area contributed by atoms with Crippen molar-refractivity contribution < 1.29 is 19.1 Å². The number of carbonyl (C=O) groups excluding carboxylic acids is 2. The van der Waals surface area contributed by atoms with Gasteiger partial charge >= 0.3 is 0 Å². The molecule has 1 aliphatic heterocycles. The standard InChI is InChI=1S/C25H18Cl3NO4S/c26-18-6-8-20(9-7-18)32-11-10-29-24(30)23(34-25(29)31)13-16-2-1-3-21(12-16)33-15-17-4-5-19(27)14-22(17)28/h1-9,12-14H,10-11,15H2/b23-13-. The molecule has 0 radical (unpaired) electrons. The van der Waals surface area contributed by atoms with Gasteiger partial charge in [-0.15, -0.1) is 0 Å². The third kappa shape index (κ3) is 6.27. The maximum atomic E-state index is 12.8. The Morgan fingerprint density at radius 1 is 0.853 bits per heavy atom. The average molecular weight is 535 g/mol. The zero-order valence-electron chi connectivity index (χ0n) is 17.7. The average Bonchev–Trinajstić information content (AvgIpc) is 3.07. The van der Waals surface area contributed by atoms with Gasteiger partial charge in [-0.05, 0) is 71.9 Å². The molecule has 1 fully saturated rings. The largest absolute Gasteiger partial charge is 0.492 e. The molecule has 9 heteroatoms. The van der Waals surface area contributed by atoms with Crippen LogP contribution in [0.3, 0.4) is 0 Å². The number of halogens is 3. The van der Waals surface area contributed by atoms with E-state index < -0.39 is 0 Å². The van der Waals surface area contributed by atoms with Crippen molar-refractivity contribution in [2.75, 3.05) is 13.2 Å². The van der Waals surface area contributed by atoms with Crippen LogP contribution in [0.5, 0.6) is 11.5 Å². The van der Waals surface area contributed by atoms with Crippen LogP contribution in [0, 0.1) is 0 Å². The molecular weight excluding hydrogens is 517 g/mol. The van der Waals surface area contributed by atoms with Crippen LogP contribution >= 0.6 is 46.6 Å². The Labute approximate surface area is 216 Å². The van der Waals surface area contributed by atoms with Crippen LogP contribution in [-0.4, -0.2) is 29.2 Å². The summed E-state index contributed by atoms with van der Waals surface area (Å²) in [6.45, 7) is 0.600. The summed E-state index contributed by atoms with van der Waals surface area (Å²) in [5.74, 6) is 0.868. The molecule has 1 saturated heterocycles. The number of nitrogens with zero attached hydrogens (tertiary/aromatic N) is 1. The fourth-order valence-electron chi connectivity index (χ4n) is 3.12. The van der Waals surface area contributed by atoms with Crippen molar-refractivity contribution >= 4 is 63.8 Å². The van der Waals surface area contributed by atoms with Crippen LogP contribution < -0.4 is 9.47 Å². The minimum atomic E-state index is -0.353. The first-order valence-electron chi connectivity index (χ1n) is 10.2. The van der Waals surface area contributed by atoms with E-state index in [1.165, 1.54) is 4.90 Å². The number of carbonyl (C=O) groups is 2. The van der Waals surface area contributed by atoms with Gasteiger partial charge in [0.2, 0.25) is 0 Å². The quantitative estimate of drug-likeness (QED) is 0.283. The summed E-state index contributed by atoms with van der Waals surface area (Å²) in [7, 11) is 0. The minimum absolute atomic E-state index is 0.148. The highest BCUT2D eigenvalue weighted by Gasteiger charge is 2.34. The molecule has 0 N–H and O–H groups in total. The van der Waals surface area contributed by atoms with Gasteiger partial charge in [0.05, 0.1) is 11.4 Å². The van der Waals surface area contributed by atoms with E-state index in [2.05, 4.69) is 0 Å². The smallest absolute Gasteiger partial charge is 0.293 e. The number of thioether (sulfide) groups is 1. The highest BCUT2D eigenvalue weighted by atomic mass is 35.5. The summed E-state index contributed by atoms with van der Waals surface area (Å²) in [6, 6.07) is 19.3. The maximum absolute atomic E-state index is 12.8. The molecule has 0 unspecified atom stereocenters. The van der Waals surface area contributed by atoms with E-state index in [0.717, 1.165) is 22.9 Å². The lowest BCUT2D eigenvalue weighted by Gasteiger charge is -2.13. The van der Waals surface area contributed by atoms with E-state index in [1.54, 1.807) is 60.7 Å². The predicted octanol–water partition coefficient (Wildman–Crippen LogP) is 7.34. The topological polar surface area (TPSA) is 55.8 Å². The Hall–Kier alpha value is -2.64. The van der Waals surface area contributed by atoms with Crippen LogP contribution in [0.2, 0.25) is 15.1 Å². The van der Waals surface area contributed by atoms with E-state index in [4.69, 9.17) is 44.3 Å². The molecule has 2 amide bonds. The van der Waals surface area contributed by atoms with Crippen molar-refractivity contribution in [1.82, 2.24) is 4.90 Å². The van der Waals surface area contributed by atoms with Gasteiger partial charge in [0.1, 0.15) is 24.7 Å². The van der Waals surface area contributed by atoms with Gasteiger partial charge in [0.15, 0.2) is 0 Å². The molecule has 0 saturated carbocycles. The maximum Gasteiger partial charge on any atom is 0.293 e. The predicted molar refractivity (Wildman–Crippen MR) is 137 cm³/mol. The first-order chi connectivity index (χ1) is 16.4. The van der Waals surface area contributed by atoms with Crippen LogP contribution in [-0.2, 0) is 11.4 Å². The SMILES string of the molecule is O=C1S/C(=C\c2cccc(OCc3ccc(Cl)cc3Cl)c2)C(=O)N1CCOc1ccc(Cl)cc1. The van der Waals surface area contributed by atoms with Crippen molar-refractivity contribution in [1.29, 1.82) is 0 Å². The van der Waals surface area contributed by atoms with Crippen LogP contribution in [0.4, 0.5) is 4.79 Å². The number of hydrogen-bond acceptors (Lipinski definition) is 5. The van der Waals surface area contributed by atoms with Crippen molar-refractivity contribution in [2.24, 2.45) is 0 Å². The molecule has 4 rings (SSSR count). The third-order valence-electron chi connectivity index (χ3n) is 4.84. The van der Waals surface area contributed by atoms with Gasteiger partial charge in [0.25, 0.3) is 11.1 Å². The lowest BCUT2D eigenvalue weighted by molar-refractivity contribution is -0.123. The van der Waals surface area contributed by atoms with E-state index in [-0.39, 0.29) is 30.9 Å². The minimum Gasteiger partial charge on any atom is -0.492 e. The molecule has 34 heavy (non-hydrogen) atoms. The summed E-state index contributed by atoms with van der Waals surface area (Å²) in [6.07, 6.45) is 1.67. The Bertz CT molecular complexity index is 1250. The van der Waals surface area contributed by atoms with Gasteiger partial charge in [-0.25, -0.2) is 0 Å². The van der Waals surface area contributed by atoms with Gasteiger partial charge in [-0.1, -0.05) is 53.0 Å². The fraction of sp³-hybridized carbons (Fsp3) is 0.120. The van der Waals surface area contributed by atoms with Crippen molar-refractivity contribution in [2.45, 2.75) is 6.61 Å². The number of amides is 2. The van der Waals surface area contributed by atoms with Crippen LogP contribution in [0.1, 0.15) is 11.1 Å². The lowest BCUT2D eigenvalue weighted by atomic mass is 10.2. The molecule has 3 aromatic rings. The van der Waals surface area contributed by atoms with Crippen molar-refractivity contribution in [3.05, 3.63) is 97.8 Å². The third-order valence-corrected chi connectivity index (χ3v) is 6.58. The monoisotopic (exact) mass is 533 g/mol. The molecule has 174 valence electrons. The van der Waals surface area contributed by atoms with Gasteiger partial charge in [0, 0.05) is 20.6 Å². The van der Waals surface area contributed by atoms with E-state index in [1.807, 2.05) is 12.1 Å². The molecule has 0 aromatic heterocycles. The first kappa shape index (κ1) is 24.5. The molecule has 3 aromatic carbocycles. The Kier molecular flexibility index (Phi) is 8.06. The first-order valence-corrected chi connectivity index (χ1v) is 12.1. The van der Waals surface area contributed by atoms with Gasteiger partial charge in [-0.3, -0.25) is 14.5 Å². The zero-order valence-corrected chi connectivity index (χ0v) is 20.8. The molecule has 0 atom stereocenters. The van der Waals surface area contributed by atoms with E-state index >= 15 is 0 Å². The molecule has 0 spiro atoms.